The highest BCUT2D eigenvalue weighted by Crippen LogP contribution is 2.40. The molecular formula is C18H23BrF2N2O2. The highest BCUT2D eigenvalue weighted by atomic mass is 79.9. The number of hydrogen-bond acceptors (Lipinski definition) is 3. The molecule has 1 saturated carbocycles. The monoisotopic (exact) mass is 416 g/mol. The van der Waals surface area contributed by atoms with Crippen molar-refractivity contribution in [2.24, 2.45) is 11.8 Å². The van der Waals surface area contributed by atoms with Crippen LogP contribution in [0.3, 0.4) is 0 Å². The predicted octanol–water partition coefficient (Wildman–Crippen LogP) is 4.78. The number of nitrogens with zero attached hydrogens (tertiary/aromatic N) is 1. The Labute approximate surface area is 155 Å². The Morgan fingerprint density at radius 3 is 2.36 bits per heavy atom. The number of likely N-dealkylation sites (tertiary alicyclic amines) is 1. The van der Waals surface area contributed by atoms with Crippen molar-refractivity contribution in [1.82, 2.24) is 4.90 Å². The lowest BCUT2D eigenvalue weighted by molar-refractivity contribution is 0.0280. The van der Waals surface area contributed by atoms with E-state index in [1.54, 1.807) is 11.0 Å². The van der Waals surface area contributed by atoms with E-state index < -0.39 is 17.2 Å². The first kappa shape index (κ1) is 18.4. The molecule has 0 radical (unpaired) electrons. The van der Waals surface area contributed by atoms with Gasteiger partial charge in [-0.2, -0.15) is 0 Å². The summed E-state index contributed by atoms with van der Waals surface area (Å²) >= 11 is 2.98. The molecule has 25 heavy (non-hydrogen) atoms. The van der Waals surface area contributed by atoms with Crippen LogP contribution in [0, 0.1) is 23.5 Å². The van der Waals surface area contributed by atoms with Gasteiger partial charge in [-0.05, 0) is 73.5 Å². The van der Waals surface area contributed by atoms with Crippen LogP contribution >= 0.6 is 15.9 Å². The lowest BCUT2D eigenvalue weighted by Gasteiger charge is -2.25. The average molecular weight is 417 g/mol. The molecule has 4 nitrogen and oxygen atoms in total. The maximum absolute atomic E-state index is 14.0. The predicted molar refractivity (Wildman–Crippen MR) is 95.5 cm³/mol. The molecule has 1 N–H and O–H groups in total. The smallest absolute Gasteiger partial charge is 0.410 e. The summed E-state index contributed by atoms with van der Waals surface area (Å²) in [6, 6.07) is 3.13. The van der Waals surface area contributed by atoms with Crippen molar-refractivity contribution in [3.05, 3.63) is 28.2 Å². The Hall–Kier alpha value is -1.37. The SMILES string of the molecule is CC(C)(C)OC(=O)N1C[C@H]2C[C@@H](Nc3ccc(Br)c(F)c3F)C[C@H]2C1. The fourth-order valence-corrected chi connectivity index (χ4v) is 4.06. The number of hydrogen-bond donors (Lipinski definition) is 1. The number of rotatable bonds is 2. The van der Waals surface area contributed by atoms with Crippen molar-refractivity contribution in [1.29, 1.82) is 0 Å². The third-order valence-electron chi connectivity index (χ3n) is 4.80. The van der Waals surface area contributed by atoms with Gasteiger partial charge in [-0.15, -0.1) is 0 Å². The van der Waals surface area contributed by atoms with Gasteiger partial charge < -0.3 is 15.0 Å². The van der Waals surface area contributed by atoms with Gasteiger partial charge in [-0.25, -0.2) is 13.6 Å². The van der Waals surface area contributed by atoms with Gasteiger partial charge in [0, 0.05) is 19.1 Å². The minimum atomic E-state index is -0.876. The Bertz CT molecular complexity index is 664. The molecule has 0 spiro atoms. The molecule has 1 aliphatic carbocycles. The summed E-state index contributed by atoms with van der Waals surface area (Å²) in [7, 11) is 0. The molecule has 3 rings (SSSR count). The molecule has 1 heterocycles. The van der Waals surface area contributed by atoms with E-state index in [-0.39, 0.29) is 22.3 Å². The van der Waals surface area contributed by atoms with Gasteiger partial charge in [-0.1, -0.05) is 0 Å². The van der Waals surface area contributed by atoms with Crippen molar-refractivity contribution >= 4 is 27.7 Å². The zero-order valence-electron chi connectivity index (χ0n) is 14.6. The fraction of sp³-hybridized carbons (Fsp3) is 0.611. The number of nitrogens with one attached hydrogen (secondary N) is 1. The molecule has 2 fully saturated rings. The fourth-order valence-electron chi connectivity index (χ4n) is 3.75. The topological polar surface area (TPSA) is 41.6 Å². The van der Waals surface area contributed by atoms with E-state index in [1.165, 1.54) is 6.07 Å². The Balaban J connectivity index is 1.57. The minimum Gasteiger partial charge on any atom is -0.444 e. The lowest BCUT2D eigenvalue weighted by Crippen LogP contribution is -2.36. The third-order valence-corrected chi connectivity index (χ3v) is 5.41. The minimum absolute atomic E-state index is 0.0888. The van der Waals surface area contributed by atoms with Crippen LogP contribution in [0.1, 0.15) is 33.6 Å². The summed E-state index contributed by atoms with van der Waals surface area (Å²) in [6.07, 6.45) is 1.40. The van der Waals surface area contributed by atoms with Gasteiger partial charge in [0.25, 0.3) is 0 Å². The number of carbonyl (C=O) groups excluding carboxylic acids is 1. The number of amides is 1. The van der Waals surface area contributed by atoms with E-state index in [0.29, 0.717) is 24.9 Å². The second kappa shape index (κ2) is 6.74. The second-order valence-electron chi connectivity index (χ2n) is 7.94. The van der Waals surface area contributed by atoms with Crippen molar-refractivity contribution in [3.63, 3.8) is 0 Å². The van der Waals surface area contributed by atoms with Gasteiger partial charge in [0.05, 0.1) is 10.2 Å². The summed E-state index contributed by atoms with van der Waals surface area (Å²) < 4.78 is 33.2. The molecule has 0 aromatic heterocycles. The number of halogens is 3. The first-order chi connectivity index (χ1) is 11.6. The maximum Gasteiger partial charge on any atom is 0.410 e. The zero-order valence-corrected chi connectivity index (χ0v) is 16.2. The van der Waals surface area contributed by atoms with Gasteiger partial charge in [0.2, 0.25) is 0 Å². The summed E-state index contributed by atoms with van der Waals surface area (Å²) in [5.41, 5.74) is -0.308. The molecule has 138 valence electrons. The van der Waals surface area contributed by atoms with Gasteiger partial charge in [0.1, 0.15) is 5.60 Å². The Kier molecular flexibility index (Phi) is 4.97. The molecule has 0 bridgehead atoms. The maximum atomic E-state index is 14.0. The average Bonchev–Trinajstić information content (AvgIpc) is 3.04. The number of carbonyl (C=O) groups is 1. The van der Waals surface area contributed by atoms with Gasteiger partial charge in [0.15, 0.2) is 11.6 Å². The molecule has 7 heteroatoms. The molecule has 1 aliphatic heterocycles. The molecule has 2 aliphatic rings. The van der Waals surface area contributed by atoms with Crippen molar-refractivity contribution in [2.45, 2.75) is 45.3 Å². The summed E-state index contributed by atoms with van der Waals surface area (Å²) in [5, 5.41) is 3.12. The van der Waals surface area contributed by atoms with Crippen LogP contribution in [-0.2, 0) is 4.74 Å². The first-order valence-corrected chi connectivity index (χ1v) is 9.31. The van der Waals surface area contributed by atoms with Crippen molar-refractivity contribution in [2.75, 3.05) is 18.4 Å². The van der Waals surface area contributed by atoms with E-state index in [2.05, 4.69) is 21.2 Å². The van der Waals surface area contributed by atoms with E-state index in [1.807, 2.05) is 20.8 Å². The summed E-state index contributed by atoms with van der Waals surface area (Å²) in [6.45, 7) is 6.89. The molecule has 1 amide bonds. The van der Waals surface area contributed by atoms with Gasteiger partial charge >= 0.3 is 6.09 Å². The zero-order chi connectivity index (χ0) is 18.4. The van der Waals surface area contributed by atoms with Crippen molar-refractivity contribution in [3.8, 4) is 0 Å². The Morgan fingerprint density at radius 2 is 1.80 bits per heavy atom. The summed E-state index contributed by atoms with van der Waals surface area (Å²) in [5.74, 6) is -0.997. The van der Waals surface area contributed by atoms with Crippen LogP contribution in [0.2, 0.25) is 0 Å². The number of ether oxygens (including phenoxy) is 1. The van der Waals surface area contributed by atoms with Crippen LogP contribution in [0.5, 0.6) is 0 Å². The Morgan fingerprint density at radius 1 is 1.20 bits per heavy atom. The third kappa shape index (κ3) is 4.07. The van der Waals surface area contributed by atoms with Crippen LogP contribution < -0.4 is 5.32 Å². The van der Waals surface area contributed by atoms with Crippen LogP contribution in [0.4, 0.5) is 19.3 Å². The van der Waals surface area contributed by atoms with E-state index >= 15 is 0 Å². The molecule has 3 atom stereocenters. The number of anilines is 1. The normalized spacial score (nSPS) is 25.8. The highest BCUT2D eigenvalue weighted by Gasteiger charge is 2.43. The van der Waals surface area contributed by atoms with Crippen LogP contribution in [-0.4, -0.2) is 35.7 Å². The second-order valence-corrected chi connectivity index (χ2v) is 8.80. The van der Waals surface area contributed by atoms with E-state index in [4.69, 9.17) is 4.74 Å². The molecule has 1 aromatic carbocycles. The number of fused-ring (bicyclic) bond motifs is 1. The quantitative estimate of drug-likeness (QED) is 0.704. The molecule has 1 aromatic rings. The van der Waals surface area contributed by atoms with E-state index in [0.717, 1.165) is 12.8 Å². The molecular weight excluding hydrogens is 394 g/mol. The summed E-state index contributed by atoms with van der Waals surface area (Å²) in [4.78, 5) is 13.9. The molecule has 1 saturated heterocycles. The van der Waals surface area contributed by atoms with Gasteiger partial charge in [-0.3, -0.25) is 0 Å². The molecule has 0 unspecified atom stereocenters. The highest BCUT2D eigenvalue weighted by molar-refractivity contribution is 9.10. The largest absolute Gasteiger partial charge is 0.444 e. The lowest BCUT2D eigenvalue weighted by atomic mass is 10.0. The number of benzene rings is 1. The standard InChI is InChI=1S/C18H23BrF2N2O2/c1-18(2,3)25-17(24)23-8-10-6-12(7-11(10)9-23)22-14-5-4-13(19)15(20)16(14)21/h4-5,10-12,22H,6-9H2,1-3H3/t10-,11+,12-. The van der Waals surface area contributed by atoms with Crippen LogP contribution in [0.15, 0.2) is 16.6 Å². The van der Waals surface area contributed by atoms with Crippen LogP contribution in [0.25, 0.3) is 0 Å². The van der Waals surface area contributed by atoms with E-state index in [9.17, 15) is 13.6 Å². The van der Waals surface area contributed by atoms with Crippen molar-refractivity contribution < 1.29 is 18.3 Å². The first-order valence-electron chi connectivity index (χ1n) is 8.52.